The summed E-state index contributed by atoms with van der Waals surface area (Å²) in [6.07, 6.45) is 7.08. The van der Waals surface area contributed by atoms with Crippen LogP contribution in [0.3, 0.4) is 0 Å². The van der Waals surface area contributed by atoms with Crippen LogP contribution >= 0.6 is 0 Å². The fourth-order valence-electron chi connectivity index (χ4n) is 6.69. The van der Waals surface area contributed by atoms with Crippen molar-refractivity contribution < 1.29 is 4.39 Å². The second-order valence-corrected chi connectivity index (χ2v) is 11.1. The number of pyridine rings is 1. The molecular formula is C27H30FN9O2. The summed E-state index contributed by atoms with van der Waals surface area (Å²) in [5.41, 5.74) is 1.52. The normalized spacial score (nSPS) is 22.6. The van der Waals surface area contributed by atoms with Gasteiger partial charge in [0, 0.05) is 62.9 Å². The Hall–Kier alpha value is -4.09. The Bertz CT molecular complexity index is 1710. The highest BCUT2D eigenvalue weighted by Gasteiger charge is 2.59. The third kappa shape index (κ3) is 3.75. The van der Waals surface area contributed by atoms with Crippen LogP contribution in [0, 0.1) is 24.6 Å². The SMILES string of the molecule is Cc1nn(C2CCCC2)c2nc(N3C[C@@H]4C(N(C)c5nc(-c6ccncc6F)cc(=O)n5C)[C@@H]4C3)[nH]c(=O)c12. The molecule has 1 saturated heterocycles. The Balaban J connectivity index is 1.14. The number of piperidine rings is 1. The molecule has 11 nitrogen and oxygen atoms in total. The minimum atomic E-state index is -0.520. The lowest BCUT2D eigenvalue weighted by molar-refractivity contribution is 0.476. The van der Waals surface area contributed by atoms with E-state index in [4.69, 9.17) is 4.98 Å². The lowest BCUT2D eigenvalue weighted by Gasteiger charge is -2.26. The summed E-state index contributed by atoms with van der Waals surface area (Å²) in [5, 5.41) is 5.26. The van der Waals surface area contributed by atoms with Crippen LogP contribution in [0.25, 0.3) is 22.3 Å². The van der Waals surface area contributed by atoms with Crippen LogP contribution in [-0.2, 0) is 7.05 Å². The number of hydrogen-bond donors (Lipinski definition) is 1. The molecular weight excluding hydrogens is 501 g/mol. The number of fused-ring (bicyclic) bond motifs is 2. The molecule has 2 aliphatic carbocycles. The van der Waals surface area contributed by atoms with Crippen molar-refractivity contribution in [2.24, 2.45) is 18.9 Å². The van der Waals surface area contributed by atoms with E-state index in [1.54, 1.807) is 7.05 Å². The molecule has 3 aliphatic rings. The fraction of sp³-hybridized carbons (Fsp3) is 0.481. The second kappa shape index (κ2) is 8.72. The average molecular weight is 532 g/mol. The predicted molar refractivity (Wildman–Crippen MR) is 144 cm³/mol. The molecule has 0 amide bonds. The van der Waals surface area contributed by atoms with Gasteiger partial charge in [-0.1, -0.05) is 12.8 Å². The summed E-state index contributed by atoms with van der Waals surface area (Å²) in [6, 6.07) is 3.35. The number of halogens is 1. The molecule has 1 unspecified atom stereocenters. The van der Waals surface area contributed by atoms with Crippen molar-refractivity contribution in [2.75, 3.05) is 29.9 Å². The quantitative estimate of drug-likeness (QED) is 0.417. The molecule has 2 saturated carbocycles. The molecule has 12 heteroatoms. The van der Waals surface area contributed by atoms with Gasteiger partial charge in [0.15, 0.2) is 11.5 Å². The van der Waals surface area contributed by atoms with Crippen molar-refractivity contribution in [3.63, 3.8) is 0 Å². The Morgan fingerprint density at radius 3 is 2.59 bits per heavy atom. The van der Waals surface area contributed by atoms with Gasteiger partial charge in [0.25, 0.3) is 11.1 Å². The van der Waals surface area contributed by atoms with Gasteiger partial charge in [-0.2, -0.15) is 10.1 Å². The number of rotatable bonds is 5. The van der Waals surface area contributed by atoms with E-state index < -0.39 is 5.82 Å². The van der Waals surface area contributed by atoms with Gasteiger partial charge in [-0.05, 0) is 25.8 Å². The van der Waals surface area contributed by atoms with Crippen LogP contribution < -0.4 is 20.9 Å². The van der Waals surface area contributed by atoms with Gasteiger partial charge >= 0.3 is 0 Å². The first-order valence-corrected chi connectivity index (χ1v) is 13.5. The maximum absolute atomic E-state index is 14.4. The lowest BCUT2D eigenvalue weighted by Crippen LogP contribution is -2.37. The summed E-state index contributed by atoms with van der Waals surface area (Å²) in [6.45, 7) is 3.34. The van der Waals surface area contributed by atoms with Crippen molar-refractivity contribution in [2.45, 2.75) is 44.7 Å². The first kappa shape index (κ1) is 24.0. The molecule has 4 aromatic rings. The maximum Gasteiger partial charge on any atom is 0.263 e. The summed E-state index contributed by atoms with van der Waals surface area (Å²) in [5.74, 6) is 1.21. The van der Waals surface area contributed by atoms with E-state index >= 15 is 0 Å². The second-order valence-electron chi connectivity index (χ2n) is 11.1. The van der Waals surface area contributed by atoms with Gasteiger partial charge in [-0.3, -0.25) is 24.1 Å². The third-order valence-corrected chi connectivity index (χ3v) is 8.77. The highest BCUT2D eigenvalue weighted by Crippen LogP contribution is 2.50. The fourth-order valence-corrected chi connectivity index (χ4v) is 6.69. The van der Waals surface area contributed by atoms with Gasteiger partial charge in [0.2, 0.25) is 11.9 Å². The molecule has 3 fully saturated rings. The zero-order chi connectivity index (χ0) is 27.0. The van der Waals surface area contributed by atoms with Crippen LogP contribution in [0.1, 0.15) is 37.4 Å². The van der Waals surface area contributed by atoms with Crippen molar-refractivity contribution in [1.29, 1.82) is 0 Å². The number of hydrogen-bond acceptors (Lipinski definition) is 8. The van der Waals surface area contributed by atoms with Gasteiger partial charge in [-0.15, -0.1) is 0 Å². The molecule has 7 rings (SSSR count). The number of anilines is 2. The highest BCUT2D eigenvalue weighted by atomic mass is 19.1. The largest absolute Gasteiger partial charge is 0.342 e. The Kier molecular flexibility index (Phi) is 5.36. The number of nitrogens with zero attached hydrogens (tertiary/aromatic N) is 8. The van der Waals surface area contributed by atoms with Gasteiger partial charge in [0.05, 0.1) is 23.6 Å². The standard InChI is InChI=1S/C27H30FN9O2/c1-14-22-24(37(33-14)15-6-4-5-7-15)31-26(32-25(22)39)36-12-17-18(13-36)23(17)35(3)27-30-20(10-21(38)34(27)2)16-8-9-29-11-19(16)28/h8-11,15,17-18,23H,4-7,12-13H2,1-3H3,(H,31,32,39)/t17-,18+,23?. The van der Waals surface area contributed by atoms with Crippen LogP contribution in [0.5, 0.6) is 0 Å². The highest BCUT2D eigenvalue weighted by molar-refractivity contribution is 5.78. The van der Waals surface area contributed by atoms with Gasteiger partial charge in [0.1, 0.15) is 5.39 Å². The van der Waals surface area contributed by atoms with Crippen molar-refractivity contribution in [3.05, 3.63) is 56.7 Å². The molecule has 0 bridgehead atoms. The Labute approximate surface area is 223 Å². The van der Waals surface area contributed by atoms with Gasteiger partial charge in [-0.25, -0.2) is 14.1 Å². The average Bonchev–Trinajstić information content (AvgIpc) is 3.34. The van der Waals surface area contributed by atoms with Crippen molar-refractivity contribution >= 4 is 22.9 Å². The van der Waals surface area contributed by atoms with Crippen LogP contribution in [0.15, 0.2) is 34.1 Å². The molecule has 5 heterocycles. The predicted octanol–water partition coefficient (Wildman–Crippen LogP) is 2.41. The molecule has 4 aromatic heterocycles. The molecule has 1 aliphatic heterocycles. The van der Waals surface area contributed by atoms with Gasteiger partial charge < -0.3 is 9.80 Å². The van der Waals surface area contributed by atoms with E-state index in [0.29, 0.717) is 40.8 Å². The molecule has 1 N–H and O–H groups in total. The first-order chi connectivity index (χ1) is 18.8. The number of H-pyrrole nitrogens is 1. The van der Waals surface area contributed by atoms with E-state index in [0.717, 1.165) is 37.8 Å². The lowest BCUT2D eigenvalue weighted by atomic mass is 10.2. The Morgan fingerprint density at radius 1 is 1.13 bits per heavy atom. The molecule has 0 radical (unpaired) electrons. The van der Waals surface area contributed by atoms with Crippen LogP contribution in [-0.4, -0.2) is 60.5 Å². The molecule has 3 atom stereocenters. The zero-order valence-corrected chi connectivity index (χ0v) is 22.1. The Morgan fingerprint density at radius 2 is 1.87 bits per heavy atom. The maximum atomic E-state index is 14.4. The minimum absolute atomic E-state index is 0.148. The number of aromatic amines is 1. The summed E-state index contributed by atoms with van der Waals surface area (Å²) >= 11 is 0. The third-order valence-electron chi connectivity index (χ3n) is 8.77. The van der Waals surface area contributed by atoms with E-state index in [2.05, 4.69) is 25.0 Å². The minimum Gasteiger partial charge on any atom is -0.342 e. The topological polar surface area (TPSA) is 118 Å². The molecule has 0 aromatic carbocycles. The summed E-state index contributed by atoms with van der Waals surface area (Å²) in [7, 11) is 3.61. The van der Waals surface area contributed by atoms with E-state index in [-0.39, 0.29) is 28.4 Å². The van der Waals surface area contributed by atoms with Crippen molar-refractivity contribution in [1.82, 2.24) is 34.3 Å². The molecule has 39 heavy (non-hydrogen) atoms. The molecule has 202 valence electrons. The number of nitrogens with one attached hydrogen (secondary N) is 1. The van der Waals surface area contributed by atoms with Crippen LogP contribution in [0.2, 0.25) is 0 Å². The number of aryl methyl sites for hydroxylation is 1. The van der Waals surface area contributed by atoms with E-state index in [1.165, 1.54) is 35.7 Å². The van der Waals surface area contributed by atoms with E-state index in [1.807, 2.05) is 23.6 Å². The van der Waals surface area contributed by atoms with Crippen molar-refractivity contribution in [3.8, 4) is 11.3 Å². The number of aromatic nitrogens is 7. The summed E-state index contributed by atoms with van der Waals surface area (Å²) < 4.78 is 17.8. The first-order valence-electron chi connectivity index (χ1n) is 13.5. The van der Waals surface area contributed by atoms with Crippen LogP contribution in [0.4, 0.5) is 16.3 Å². The molecule has 0 spiro atoms. The van der Waals surface area contributed by atoms with E-state index in [9.17, 15) is 14.0 Å². The smallest absolute Gasteiger partial charge is 0.263 e. The monoisotopic (exact) mass is 531 g/mol. The zero-order valence-electron chi connectivity index (χ0n) is 22.1. The summed E-state index contributed by atoms with van der Waals surface area (Å²) in [4.78, 5) is 46.3.